The third kappa shape index (κ3) is 3.49. The molecule has 1 N–H and O–H groups in total. The predicted molar refractivity (Wildman–Crippen MR) is 57.3 cm³/mol. The van der Waals surface area contributed by atoms with E-state index in [0.29, 0.717) is 18.4 Å². The summed E-state index contributed by atoms with van der Waals surface area (Å²) in [4.78, 5) is 0. The highest BCUT2D eigenvalue weighted by Crippen LogP contribution is 2.14. The number of aliphatic hydroxyl groups is 1. The first-order valence-corrected chi connectivity index (χ1v) is 5.08. The van der Waals surface area contributed by atoms with Crippen LogP contribution in [0.2, 0.25) is 0 Å². The zero-order chi connectivity index (χ0) is 10.4. The van der Waals surface area contributed by atoms with Crippen molar-refractivity contribution in [1.29, 1.82) is 0 Å². The maximum atomic E-state index is 13.1. The summed E-state index contributed by atoms with van der Waals surface area (Å²) in [6.45, 7) is 0.121. The molecule has 0 atom stereocenters. The van der Waals surface area contributed by atoms with Gasteiger partial charge in [0.15, 0.2) is 0 Å². The molecule has 0 aromatic heterocycles. The fourth-order valence-electron chi connectivity index (χ4n) is 0.918. The standard InChI is InChI=1S/C11H10BrFO/c12-10-5-6-11(13)9(8-10)4-2-1-3-7-14/h5-6,8,14H,1,3,7H2. The Morgan fingerprint density at radius 2 is 2.21 bits per heavy atom. The Morgan fingerprint density at radius 3 is 2.93 bits per heavy atom. The van der Waals surface area contributed by atoms with Crippen LogP contribution in [0.1, 0.15) is 18.4 Å². The van der Waals surface area contributed by atoms with Crippen molar-refractivity contribution in [2.24, 2.45) is 0 Å². The van der Waals surface area contributed by atoms with Crippen molar-refractivity contribution in [3.63, 3.8) is 0 Å². The molecule has 14 heavy (non-hydrogen) atoms. The van der Waals surface area contributed by atoms with Crippen LogP contribution in [-0.2, 0) is 0 Å². The molecule has 0 bridgehead atoms. The number of unbranched alkanes of at least 4 members (excludes halogenated alkanes) is 1. The van der Waals surface area contributed by atoms with Gasteiger partial charge in [0.05, 0.1) is 5.56 Å². The Labute approximate surface area is 91.1 Å². The normalized spacial score (nSPS) is 9.36. The lowest BCUT2D eigenvalue weighted by Crippen LogP contribution is -1.83. The monoisotopic (exact) mass is 256 g/mol. The third-order valence-electron chi connectivity index (χ3n) is 1.61. The highest BCUT2D eigenvalue weighted by molar-refractivity contribution is 9.10. The van der Waals surface area contributed by atoms with Crippen molar-refractivity contribution < 1.29 is 9.50 Å². The van der Waals surface area contributed by atoms with Crippen LogP contribution in [0.25, 0.3) is 0 Å². The van der Waals surface area contributed by atoms with Crippen molar-refractivity contribution in [3.8, 4) is 11.8 Å². The second kappa shape index (κ2) is 5.79. The van der Waals surface area contributed by atoms with Crippen LogP contribution in [0, 0.1) is 17.7 Å². The molecule has 0 saturated heterocycles. The summed E-state index contributed by atoms with van der Waals surface area (Å²) in [7, 11) is 0. The van der Waals surface area contributed by atoms with Gasteiger partial charge in [-0.2, -0.15) is 0 Å². The van der Waals surface area contributed by atoms with Crippen LogP contribution in [0.5, 0.6) is 0 Å². The van der Waals surface area contributed by atoms with Gasteiger partial charge in [-0.05, 0) is 24.6 Å². The molecular formula is C11H10BrFO. The highest BCUT2D eigenvalue weighted by atomic mass is 79.9. The molecule has 0 amide bonds. The first-order chi connectivity index (χ1) is 6.74. The van der Waals surface area contributed by atoms with Crippen molar-refractivity contribution in [1.82, 2.24) is 0 Å². The summed E-state index contributed by atoms with van der Waals surface area (Å²) in [5.41, 5.74) is 0.386. The number of aliphatic hydroxyl groups excluding tert-OH is 1. The van der Waals surface area contributed by atoms with E-state index in [-0.39, 0.29) is 12.4 Å². The maximum absolute atomic E-state index is 13.1. The number of halogens is 2. The fraction of sp³-hybridized carbons (Fsp3) is 0.273. The van der Waals surface area contributed by atoms with E-state index < -0.39 is 0 Å². The Kier molecular flexibility index (Phi) is 4.64. The largest absolute Gasteiger partial charge is 0.396 e. The van der Waals surface area contributed by atoms with Gasteiger partial charge < -0.3 is 5.11 Å². The van der Waals surface area contributed by atoms with E-state index in [2.05, 4.69) is 27.8 Å². The molecule has 0 aliphatic heterocycles. The van der Waals surface area contributed by atoms with Crippen LogP contribution < -0.4 is 0 Å². The fourth-order valence-corrected chi connectivity index (χ4v) is 1.28. The van der Waals surface area contributed by atoms with Gasteiger partial charge in [-0.3, -0.25) is 0 Å². The Hall–Kier alpha value is -0.850. The first-order valence-electron chi connectivity index (χ1n) is 4.29. The molecule has 1 aromatic rings. The minimum absolute atomic E-state index is 0.121. The van der Waals surface area contributed by atoms with Gasteiger partial charge in [-0.15, -0.1) is 0 Å². The van der Waals surface area contributed by atoms with Gasteiger partial charge in [-0.1, -0.05) is 27.8 Å². The van der Waals surface area contributed by atoms with E-state index >= 15 is 0 Å². The van der Waals surface area contributed by atoms with Crippen LogP contribution in [0.4, 0.5) is 4.39 Å². The van der Waals surface area contributed by atoms with E-state index in [4.69, 9.17) is 5.11 Å². The second-order valence-electron chi connectivity index (χ2n) is 2.75. The molecule has 1 aromatic carbocycles. The molecule has 0 saturated carbocycles. The summed E-state index contributed by atoms with van der Waals surface area (Å²) in [5, 5.41) is 8.51. The number of rotatable bonds is 2. The molecule has 1 rings (SSSR count). The minimum Gasteiger partial charge on any atom is -0.396 e. The third-order valence-corrected chi connectivity index (χ3v) is 2.10. The summed E-state index contributed by atoms with van der Waals surface area (Å²) < 4.78 is 13.9. The SMILES string of the molecule is OCCCC#Cc1cc(Br)ccc1F. The summed E-state index contributed by atoms with van der Waals surface area (Å²) in [6, 6.07) is 4.65. The molecule has 0 aliphatic rings. The van der Waals surface area contributed by atoms with Gasteiger partial charge in [0.25, 0.3) is 0 Å². The first kappa shape index (κ1) is 11.2. The van der Waals surface area contributed by atoms with E-state index in [1.165, 1.54) is 6.07 Å². The van der Waals surface area contributed by atoms with Crippen molar-refractivity contribution in [2.75, 3.05) is 6.61 Å². The molecule has 74 valence electrons. The summed E-state index contributed by atoms with van der Waals surface area (Å²) >= 11 is 3.24. The average Bonchev–Trinajstić information content (AvgIpc) is 2.18. The quantitative estimate of drug-likeness (QED) is 0.638. The Morgan fingerprint density at radius 1 is 1.43 bits per heavy atom. The number of benzene rings is 1. The highest BCUT2D eigenvalue weighted by Gasteiger charge is 1.98. The zero-order valence-corrected chi connectivity index (χ0v) is 9.14. The van der Waals surface area contributed by atoms with E-state index in [0.717, 1.165) is 4.47 Å². The van der Waals surface area contributed by atoms with Gasteiger partial charge in [0.1, 0.15) is 5.82 Å². The van der Waals surface area contributed by atoms with Crippen LogP contribution in [-0.4, -0.2) is 11.7 Å². The van der Waals surface area contributed by atoms with Gasteiger partial charge in [0.2, 0.25) is 0 Å². The van der Waals surface area contributed by atoms with E-state index in [9.17, 15) is 4.39 Å². The molecular weight excluding hydrogens is 247 g/mol. The van der Waals surface area contributed by atoms with Crippen molar-refractivity contribution >= 4 is 15.9 Å². The molecule has 0 aliphatic carbocycles. The Balaban J connectivity index is 2.73. The second-order valence-corrected chi connectivity index (χ2v) is 3.67. The molecule has 0 fully saturated rings. The molecule has 0 spiro atoms. The lowest BCUT2D eigenvalue weighted by Gasteiger charge is -1.94. The smallest absolute Gasteiger partial charge is 0.138 e. The van der Waals surface area contributed by atoms with Gasteiger partial charge >= 0.3 is 0 Å². The minimum atomic E-state index is -0.315. The van der Waals surface area contributed by atoms with Crippen molar-refractivity contribution in [3.05, 3.63) is 34.1 Å². The van der Waals surface area contributed by atoms with Crippen LogP contribution in [0.3, 0.4) is 0 Å². The molecule has 0 radical (unpaired) electrons. The summed E-state index contributed by atoms with van der Waals surface area (Å²) in [5.74, 6) is 5.21. The zero-order valence-electron chi connectivity index (χ0n) is 7.56. The molecule has 3 heteroatoms. The van der Waals surface area contributed by atoms with Crippen molar-refractivity contribution in [2.45, 2.75) is 12.8 Å². The van der Waals surface area contributed by atoms with Gasteiger partial charge in [0, 0.05) is 17.5 Å². The topological polar surface area (TPSA) is 20.2 Å². The van der Waals surface area contributed by atoms with Gasteiger partial charge in [-0.25, -0.2) is 4.39 Å². The Bertz CT molecular complexity index is 365. The lowest BCUT2D eigenvalue weighted by molar-refractivity contribution is 0.290. The van der Waals surface area contributed by atoms with E-state index in [1.54, 1.807) is 12.1 Å². The van der Waals surface area contributed by atoms with E-state index in [1.807, 2.05) is 0 Å². The summed E-state index contributed by atoms with van der Waals surface area (Å²) in [6.07, 6.45) is 1.21. The molecule has 0 unspecified atom stereocenters. The number of hydrogen-bond acceptors (Lipinski definition) is 1. The van der Waals surface area contributed by atoms with Crippen LogP contribution in [0.15, 0.2) is 22.7 Å². The average molecular weight is 257 g/mol. The molecule has 1 nitrogen and oxygen atoms in total. The van der Waals surface area contributed by atoms with Crippen LogP contribution >= 0.6 is 15.9 Å². The predicted octanol–water partition coefficient (Wildman–Crippen LogP) is 2.71. The number of hydrogen-bond donors (Lipinski definition) is 1. The lowest BCUT2D eigenvalue weighted by atomic mass is 10.2. The molecule has 0 heterocycles. The maximum Gasteiger partial charge on any atom is 0.138 e.